The highest BCUT2D eigenvalue weighted by molar-refractivity contribution is 6.31. The summed E-state index contributed by atoms with van der Waals surface area (Å²) in [6, 6.07) is 7.80. The molecule has 0 atom stereocenters. The van der Waals surface area contributed by atoms with Crippen LogP contribution in [0.25, 0.3) is 0 Å². The molecular formula is C11H13Cl2N. The van der Waals surface area contributed by atoms with E-state index in [0.717, 1.165) is 17.1 Å². The molecule has 0 saturated carbocycles. The molecule has 0 aliphatic carbocycles. The van der Waals surface area contributed by atoms with Crippen molar-refractivity contribution in [2.75, 3.05) is 13.6 Å². The third-order valence-electron chi connectivity index (χ3n) is 1.76. The van der Waals surface area contributed by atoms with Crippen LogP contribution in [0, 0.1) is 12.3 Å². The van der Waals surface area contributed by atoms with Crippen LogP contribution in [0.5, 0.6) is 0 Å². The molecule has 0 amide bonds. The lowest BCUT2D eigenvalue weighted by Crippen LogP contribution is -2.17. The van der Waals surface area contributed by atoms with E-state index in [1.807, 2.05) is 36.2 Å². The molecule has 1 nitrogen and oxygen atoms in total. The molecular weight excluding hydrogens is 217 g/mol. The fourth-order valence-electron chi connectivity index (χ4n) is 1.13. The van der Waals surface area contributed by atoms with E-state index in [-0.39, 0.29) is 12.4 Å². The third kappa shape index (κ3) is 4.02. The molecule has 0 aliphatic rings. The molecule has 0 saturated heterocycles. The Balaban J connectivity index is 0.00000169. The molecule has 0 aliphatic heterocycles. The maximum Gasteiger partial charge on any atom is 0.0599 e. The van der Waals surface area contributed by atoms with Gasteiger partial charge >= 0.3 is 0 Å². The van der Waals surface area contributed by atoms with Crippen molar-refractivity contribution >= 4 is 24.0 Å². The Kier molecular flexibility index (Phi) is 6.40. The molecule has 1 rings (SSSR count). The second-order valence-electron chi connectivity index (χ2n) is 2.97. The van der Waals surface area contributed by atoms with Crippen LogP contribution in [0.4, 0.5) is 0 Å². The Hall–Kier alpha value is -0.680. The topological polar surface area (TPSA) is 3.24 Å². The van der Waals surface area contributed by atoms with Crippen molar-refractivity contribution in [1.29, 1.82) is 0 Å². The highest BCUT2D eigenvalue weighted by atomic mass is 35.5. The standard InChI is InChI=1S/C11H12ClN.ClH/c1-3-8-13(2)9-10-6-4-5-7-11(10)12;/h1,4-7H,8-9H2,2H3;1H. The zero-order valence-corrected chi connectivity index (χ0v) is 9.61. The SMILES string of the molecule is C#CCN(C)Cc1ccccc1Cl.Cl. The molecule has 0 radical (unpaired) electrons. The Bertz CT molecular complexity index is 317. The average Bonchev–Trinajstić information content (AvgIpc) is 2.09. The van der Waals surface area contributed by atoms with E-state index in [1.165, 1.54) is 0 Å². The predicted octanol–water partition coefficient (Wildman–Crippen LogP) is 2.83. The Morgan fingerprint density at radius 1 is 1.43 bits per heavy atom. The van der Waals surface area contributed by atoms with Gasteiger partial charge in [0.2, 0.25) is 0 Å². The molecule has 0 spiro atoms. The number of nitrogens with zero attached hydrogens (tertiary/aromatic N) is 1. The first-order valence-corrected chi connectivity index (χ1v) is 4.47. The second-order valence-corrected chi connectivity index (χ2v) is 3.38. The van der Waals surface area contributed by atoms with E-state index in [4.69, 9.17) is 18.0 Å². The molecule has 76 valence electrons. The molecule has 14 heavy (non-hydrogen) atoms. The molecule has 0 aromatic heterocycles. The van der Waals surface area contributed by atoms with E-state index in [1.54, 1.807) is 0 Å². The van der Waals surface area contributed by atoms with Gasteiger partial charge in [-0.2, -0.15) is 0 Å². The molecule has 0 heterocycles. The van der Waals surface area contributed by atoms with Gasteiger partial charge < -0.3 is 0 Å². The van der Waals surface area contributed by atoms with Crippen LogP contribution in [0.3, 0.4) is 0 Å². The van der Waals surface area contributed by atoms with Crippen molar-refractivity contribution < 1.29 is 0 Å². The van der Waals surface area contributed by atoms with Gasteiger partial charge in [0.25, 0.3) is 0 Å². The lowest BCUT2D eigenvalue weighted by atomic mass is 10.2. The minimum Gasteiger partial charge on any atom is -0.291 e. The van der Waals surface area contributed by atoms with E-state index in [9.17, 15) is 0 Å². The third-order valence-corrected chi connectivity index (χ3v) is 2.13. The van der Waals surface area contributed by atoms with Gasteiger partial charge in [0.15, 0.2) is 0 Å². The van der Waals surface area contributed by atoms with E-state index >= 15 is 0 Å². The smallest absolute Gasteiger partial charge is 0.0599 e. The Labute approximate surface area is 96.5 Å². The molecule has 1 aromatic rings. The summed E-state index contributed by atoms with van der Waals surface area (Å²) >= 11 is 5.99. The zero-order valence-electron chi connectivity index (χ0n) is 8.03. The summed E-state index contributed by atoms with van der Waals surface area (Å²) < 4.78 is 0. The highest BCUT2D eigenvalue weighted by Gasteiger charge is 2.01. The van der Waals surface area contributed by atoms with Crippen LogP contribution in [0.2, 0.25) is 5.02 Å². The number of hydrogen-bond acceptors (Lipinski definition) is 1. The minimum absolute atomic E-state index is 0. The highest BCUT2D eigenvalue weighted by Crippen LogP contribution is 2.15. The molecule has 0 unspecified atom stereocenters. The Morgan fingerprint density at radius 3 is 2.64 bits per heavy atom. The lowest BCUT2D eigenvalue weighted by molar-refractivity contribution is 0.369. The maximum absolute atomic E-state index is 5.99. The van der Waals surface area contributed by atoms with Gasteiger partial charge in [-0.3, -0.25) is 4.90 Å². The summed E-state index contributed by atoms with van der Waals surface area (Å²) in [7, 11) is 1.98. The first-order valence-electron chi connectivity index (χ1n) is 4.09. The van der Waals surface area contributed by atoms with E-state index in [0.29, 0.717) is 6.54 Å². The average molecular weight is 230 g/mol. The minimum atomic E-state index is 0. The van der Waals surface area contributed by atoms with Crippen LogP contribution in [-0.4, -0.2) is 18.5 Å². The fraction of sp³-hybridized carbons (Fsp3) is 0.273. The quantitative estimate of drug-likeness (QED) is 0.721. The summed E-state index contributed by atoms with van der Waals surface area (Å²) in [5.74, 6) is 2.59. The number of hydrogen-bond donors (Lipinski definition) is 0. The van der Waals surface area contributed by atoms with Crippen molar-refractivity contribution in [3.8, 4) is 12.3 Å². The van der Waals surface area contributed by atoms with Gasteiger partial charge in [0.1, 0.15) is 0 Å². The van der Waals surface area contributed by atoms with Gasteiger partial charge in [-0.1, -0.05) is 35.7 Å². The normalized spacial score (nSPS) is 9.29. The predicted molar refractivity (Wildman–Crippen MR) is 63.9 cm³/mol. The molecule has 3 heteroatoms. The van der Waals surface area contributed by atoms with Crippen molar-refractivity contribution in [1.82, 2.24) is 4.90 Å². The first-order chi connectivity index (χ1) is 6.24. The van der Waals surface area contributed by atoms with Crippen molar-refractivity contribution in [2.24, 2.45) is 0 Å². The van der Waals surface area contributed by atoms with Gasteiger partial charge in [0, 0.05) is 11.6 Å². The number of benzene rings is 1. The largest absolute Gasteiger partial charge is 0.291 e. The molecule has 0 bridgehead atoms. The van der Waals surface area contributed by atoms with E-state index in [2.05, 4.69) is 5.92 Å². The monoisotopic (exact) mass is 229 g/mol. The molecule has 0 N–H and O–H groups in total. The number of terminal acetylenes is 1. The summed E-state index contributed by atoms with van der Waals surface area (Å²) in [6.45, 7) is 1.44. The second kappa shape index (κ2) is 6.73. The lowest BCUT2D eigenvalue weighted by Gasteiger charge is -2.13. The summed E-state index contributed by atoms with van der Waals surface area (Å²) in [6.07, 6.45) is 5.20. The van der Waals surface area contributed by atoms with E-state index < -0.39 is 0 Å². The van der Waals surface area contributed by atoms with Gasteiger partial charge in [-0.15, -0.1) is 18.8 Å². The Morgan fingerprint density at radius 2 is 2.07 bits per heavy atom. The summed E-state index contributed by atoms with van der Waals surface area (Å²) in [5.41, 5.74) is 1.11. The number of rotatable bonds is 3. The summed E-state index contributed by atoms with van der Waals surface area (Å²) in [4.78, 5) is 2.04. The van der Waals surface area contributed by atoms with Crippen molar-refractivity contribution in [3.63, 3.8) is 0 Å². The molecule has 1 aromatic carbocycles. The van der Waals surface area contributed by atoms with Crippen molar-refractivity contribution in [3.05, 3.63) is 34.9 Å². The first kappa shape index (κ1) is 13.3. The van der Waals surface area contributed by atoms with Crippen LogP contribution < -0.4 is 0 Å². The van der Waals surface area contributed by atoms with Crippen LogP contribution in [0.15, 0.2) is 24.3 Å². The zero-order chi connectivity index (χ0) is 9.68. The van der Waals surface area contributed by atoms with Crippen LogP contribution >= 0.6 is 24.0 Å². The summed E-state index contributed by atoms with van der Waals surface area (Å²) in [5, 5.41) is 0.798. The van der Waals surface area contributed by atoms with Crippen LogP contribution in [-0.2, 0) is 6.54 Å². The van der Waals surface area contributed by atoms with Crippen LogP contribution in [0.1, 0.15) is 5.56 Å². The van der Waals surface area contributed by atoms with Gasteiger partial charge in [0.05, 0.1) is 6.54 Å². The molecule has 0 fully saturated rings. The van der Waals surface area contributed by atoms with Gasteiger partial charge in [-0.25, -0.2) is 0 Å². The van der Waals surface area contributed by atoms with Crippen molar-refractivity contribution in [2.45, 2.75) is 6.54 Å². The number of halogens is 2. The maximum atomic E-state index is 5.99. The van der Waals surface area contributed by atoms with Gasteiger partial charge in [-0.05, 0) is 18.7 Å². The fourth-order valence-corrected chi connectivity index (χ4v) is 1.32.